The number of phenols is 1. The van der Waals surface area contributed by atoms with E-state index in [1.165, 1.54) is 32.6 Å². The van der Waals surface area contributed by atoms with Crippen molar-refractivity contribution in [2.75, 3.05) is 7.11 Å². The summed E-state index contributed by atoms with van der Waals surface area (Å²) in [5.74, 6) is 0.298. The van der Waals surface area contributed by atoms with Crippen molar-refractivity contribution in [1.82, 2.24) is 5.43 Å². The highest BCUT2D eigenvalue weighted by Crippen LogP contribution is 2.34. The molecule has 0 heterocycles. The van der Waals surface area contributed by atoms with E-state index in [4.69, 9.17) is 4.74 Å². The van der Waals surface area contributed by atoms with Gasteiger partial charge < -0.3 is 9.84 Å². The second-order valence-corrected chi connectivity index (χ2v) is 5.87. The zero-order valence-corrected chi connectivity index (χ0v) is 14.6. The molecular weight excluding hydrogens is 348 g/mol. The lowest BCUT2D eigenvalue weighted by Gasteiger charge is -2.06. The van der Waals surface area contributed by atoms with Gasteiger partial charge in [-0.15, -0.1) is 0 Å². The van der Waals surface area contributed by atoms with Gasteiger partial charge in [-0.05, 0) is 40.0 Å². The lowest BCUT2D eigenvalue weighted by atomic mass is 10.1. The van der Waals surface area contributed by atoms with E-state index >= 15 is 0 Å². The highest BCUT2D eigenvalue weighted by atomic mass is 79.9. The van der Waals surface area contributed by atoms with Crippen molar-refractivity contribution in [3.8, 4) is 11.5 Å². The summed E-state index contributed by atoms with van der Waals surface area (Å²) in [5.41, 5.74) is 3.22. The fourth-order valence-corrected chi connectivity index (χ4v) is 2.41. The Kier molecular flexibility index (Phi) is 8.58. The standard InChI is InChI=1S/C16H23BrN2O3/c1-3-4-5-6-7-8-15(20)19-18-11-12-9-13(17)16(21)14(10-12)22-2/h9-11,21H,3-8H2,1-2H3,(H,19,20). The van der Waals surface area contributed by atoms with Crippen molar-refractivity contribution in [3.63, 3.8) is 0 Å². The van der Waals surface area contributed by atoms with E-state index in [2.05, 4.69) is 33.4 Å². The quantitative estimate of drug-likeness (QED) is 0.392. The Morgan fingerprint density at radius 2 is 2.09 bits per heavy atom. The second-order valence-electron chi connectivity index (χ2n) is 5.01. The molecule has 0 radical (unpaired) electrons. The van der Waals surface area contributed by atoms with Crippen LogP contribution in [0.4, 0.5) is 0 Å². The number of hydrogen-bond acceptors (Lipinski definition) is 4. The highest BCUT2D eigenvalue weighted by molar-refractivity contribution is 9.10. The Morgan fingerprint density at radius 3 is 2.77 bits per heavy atom. The maximum Gasteiger partial charge on any atom is 0.240 e. The fourth-order valence-electron chi connectivity index (χ4n) is 1.95. The van der Waals surface area contributed by atoms with Crippen LogP contribution in [0.1, 0.15) is 51.0 Å². The molecule has 0 saturated heterocycles. The Morgan fingerprint density at radius 1 is 1.36 bits per heavy atom. The highest BCUT2D eigenvalue weighted by Gasteiger charge is 2.07. The van der Waals surface area contributed by atoms with Crippen LogP contribution in [-0.4, -0.2) is 24.3 Å². The molecule has 1 aromatic carbocycles. The van der Waals surface area contributed by atoms with Gasteiger partial charge in [0.1, 0.15) is 0 Å². The Labute approximate surface area is 139 Å². The number of phenolic OH excluding ortho intramolecular Hbond substituents is 1. The van der Waals surface area contributed by atoms with Crippen LogP contribution in [0.5, 0.6) is 11.5 Å². The Hall–Kier alpha value is -1.56. The van der Waals surface area contributed by atoms with Crippen LogP contribution in [0, 0.1) is 0 Å². The molecule has 1 aromatic rings. The first-order valence-corrected chi connectivity index (χ1v) is 8.26. The van der Waals surface area contributed by atoms with E-state index in [1.807, 2.05) is 0 Å². The fraction of sp³-hybridized carbons (Fsp3) is 0.500. The molecule has 0 fully saturated rings. The number of ether oxygens (including phenoxy) is 1. The number of methoxy groups -OCH3 is 1. The van der Waals surface area contributed by atoms with Crippen LogP contribution >= 0.6 is 15.9 Å². The van der Waals surface area contributed by atoms with Crippen LogP contribution in [0.2, 0.25) is 0 Å². The minimum absolute atomic E-state index is 0.0377. The van der Waals surface area contributed by atoms with E-state index in [-0.39, 0.29) is 11.7 Å². The smallest absolute Gasteiger partial charge is 0.240 e. The molecule has 6 heteroatoms. The maximum atomic E-state index is 11.6. The van der Waals surface area contributed by atoms with Gasteiger partial charge in [0.2, 0.25) is 5.91 Å². The summed E-state index contributed by atoms with van der Waals surface area (Å²) in [4.78, 5) is 11.6. The average molecular weight is 371 g/mol. The number of nitrogens with one attached hydrogen (secondary N) is 1. The third kappa shape index (κ3) is 6.47. The first-order valence-electron chi connectivity index (χ1n) is 7.46. The van der Waals surface area contributed by atoms with Crippen LogP contribution < -0.4 is 10.2 Å². The zero-order chi connectivity index (χ0) is 16.4. The minimum atomic E-state index is -0.0856. The van der Waals surface area contributed by atoms with Gasteiger partial charge in [-0.25, -0.2) is 5.43 Å². The van der Waals surface area contributed by atoms with Gasteiger partial charge in [0, 0.05) is 6.42 Å². The largest absolute Gasteiger partial charge is 0.503 e. The molecular formula is C16H23BrN2O3. The summed E-state index contributed by atoms with van der Waals surface area (Å²) in [6.45, 7) is 2.16. The molecule has 1 rings (SSSR count). The number of halogens is 1. The molecule has 2 N–H and O–H groups in total. The van der Waals surface area contributed by atoms with Gasteiger partial charge in [0.25, 0.3) is 0 Å². The number of benzene rings is 1. The number of nitrogens with zero attached hydrogens (tertiary/aromatic N) is 1. The van der Waals surface area contributed by atoms with Crippen molar-refractivity contribution < 1.29 is 14.6 Å². The molecule has 0 unspecified atom stereocenters. The van der Waals surface area contributed by atoms with Gasteiger partial charge in [-0.3, -0.25) is 4.79 Å². The first kappa shape index (κ1) is 18.5. The Bertz CT molecular complexity index is 518. The van der Waals surface area contributed by atoms with E-state index in [0.29, 0.717) is 22.2 Å². The number of amides is 1. The topological polar surface area (TPSA) is 70.9 Å². The Balaban J connectivity index is 2.42. The summed E-state index contributed by atoms with van der Waals surface area (Å²) >= 11 is 3.23. The molecule has 0 spiro atoms. The van der Waals surface area contributed by atoms with Gasteiger partial charge in [-0.1, -0.05) is 32.6 Å². The molecule has 0 aliphatic heterocycles. The molecule has 0 aromatic heterocycles. The molecule has 0 aliphatic carbocycles. The molecule has 0 saturated carbocycles. The number of unbranched alkanes of at least 4 members (excludes halogenated alkanes) is 4. The summed E-state index contributed by atoms with van der Waals surface area (Å²) in [7, 11) is 1.47. The number of carbonyl (C=O) groups excluding carboxylic acids is 1. The van der Waals surface area contributed by atoms with Crippen molar-refractivity contribution >= 4 is 28.1 Å². The molecule has 0 atom stereocenters. The first-order chi connectivity index (χ1) is 10.6. The summed E-state index contributed by atoms with van der Waals surface area (Å²) < 4.78 is 5.56. The molecule has 0 bridgehead atoms. The number of hydrazone groups is 1. The molecule has 1 amide bonds. The van der Waals surface area contributed by atoms with Gasteiger partial charge >= 0.3 is 0 Å². The van der Waals surface area contributed by atoms with Crippen LogP contribution in [0.15, 0.2) is 21.7 Å². The second kappa shape index (κ2) is 10.2. The third-order valence-electron chi connectivity index (χ3n) is 3.18. The SMILES string of the molecule is CCCCCCCC(=O)NN=Cc1cc(Br)c(O)c(OC)c1. The van der Waals surface area contributed by atoms with E-state index in [9.17, 15) is 9.90 Å². The zero-order valence-electron chi connectivity index (χ0n) is 13.1. The van der Waals surface area contributed by atoms with E-state index < -0.39 is 0 Å². The predicted octanol–water partition coefficient (Wildman–Crippen LogP) is 3.97. The van der Waals surface area contributed by atoms with Crippen molar-refractivity contribution in [1.29, 1.82) is 0 Å². The monoisotopic (exact) mass is 370 g/mol. The lowest BCUT2D eigenvalue weighted by molar-refractivity contribution is -0.121. The molecule has 5 nitrogen and oxygen atoms in total. The number of aromatic hydroxyl groups is 1. The lowest BCUT2D eigenvalue weighted by Crippen LogP contribution is -2.16. The number of hydrogen-bond donors (Lipinski definition) is 2. The van der Waals surface area contributed by atoms with Crippen molar-refractivity contribution in [2.24, 2.45) is 5.10 Å². The normalized spacial score (nSPS) is 10.9. The molecule has 22 heavy (non-hydrogen) atoms. The van der Waals surface area contributed by atoms with Crippen LogP contribution in [0.25, 0.3) is 0 Å². The number of carbonyl (C=O) groups is 1. The summed E-state index contributed by atoms with van der Waals surface area (Å²) in [5, 5.41) is 13.6. The van der Waals surface area contributed by atoms with Crippen LogP contribution in [-0.2, 0) is 4.79 Å². The third-order valence-corrected chi connectivity index (χ3v) is 3.79. The van der Waals surface area contributed by atoms with Crippen LogP contribution in [0.3, 0.4) is 0 Å². The van der Waals surface area contributed by atoms with Gasteiger partial charge in [-0.2, -0.15) is 5.10 Å². The molecule has 0 aliphatic rings. The number of rotatable bonds is 9. The summed E-state index contributed by atoms with van der Waals surface area (Å²) in [6, 6.07) is 3.33. The maximum absolute atomic E-state index is 11.6. The van der Waals surface area contributed by atoms with Gasteiger partial charge in [0.05, 0.1) is 17.8 Å². The predicted molar refractivity (Wildman–Crippen MR) is 91.5 cm³/mol. The average Bonchev–Trinajstić information content (AvgIpc) is 2.50. The minimum Gasteiger partial charge on any atom is -0.503 e. The summed E-state index contributed by atoms with van der Waals surface area (Å²) in [6.07, 6.45) is 7.56. The molecule has 122 valence electrons. The van der Waals surface area contributed by atoms with Crippen molar-refractivity contribution in [2.45, 2.75) is 45.4 Å². The van der Waals surface area contributed by atoms with Crippen molar-refractivity contribution in [3.05, 3.63) is 22.2 Å². The van der Waals surface area contributed by atoms with E-state index in [1.54, 1.807) is 12.1 Å². The van der Waals surface area contributed by atoms with E-state index in [0.717, 1.165) is 12.8 Å². The van der Waals surface area contributed by atoms with Gasteiger partial charge in [0.15, 0.2) is 11.5 Å².